The Morgan fingerprint density at radius 1 is 1.33 bits per heavy atom. The summed E-state index contributed by atoms with van der Waals surface area (Å²) in [5.74, 6) is -0.277. The molecule has 5 heteroatoms. The van der Waals surface area contributed by atoms with Gasteiger partial charge in [0.05, 0.1) is 4.47 Å². The molecule has 1 unspecified atom stereocenters. The lowest BCUT2D eigenvalue weighted by Crippen LogP contribution is -2.13. The summed E-state index contributed by atoms with van der Waals surface area (Å²) in [6.07, 6.45) is 2.27. The molecule has 2 aromatic rings. The average Bonchev–Trinajstić information content (AvgIpc) is 2.34. The van der Waals surface area contributed by atoms with Gasteiger partial charge in [-0.05, 0) is 51.7 Å². The second-order valence-corrected chi connectivity index (χ2v) is 5.21. The average molecular weight is 330 g/mol. The van der Waals surface area contributed by atoms with Gasteiger partial charge in [0.2, 0.25) is 0 Å². The molecule has 2 N–H and O–H groups in total. The minimum absolute atomic E-state index is 0.188. The summed E-state index contributed by atoms with van der Waals surface area (Å²) >= 11 is 8.87. The molecule has 1 atom stereocenters. The van der Waals surface area contributed by atoms with E-state index in [1.165, 1.54) is 6.07 Å². The number of nitrogens with zero attached hydrogens (tertiary/aromatic N) is 1. The number of rotatable bonds is 3. The first kappa shape index (κ1) is 13.5. The van der Waals surface area contributed by atoms with Gasteiger partial charge < -0.3 is 5.73 Å². The van der Waals surface area contributed by atoms with Gasteiger partial charge in [0.1, 0.15) is 11.0 Å². The van der Waals surface area contributed by atoms with E-state index in [0.29, 0.717) is 16.0 Å². The van der Waals surface area contributed by atoms with Crippen molar-refractivity contribution in [3.63, 3.8) is 0 Å². The van der Waals surface area contributed by atoms with Gasteiger partial charge in [-0.1, -0.05) is 23.7 Å². The third kappa shape index (κ3) is 3.28. The second-order valence-electron chi connectivity index (χ2n) is 3.97. The maximum absolute atomic E-state index is 13.1. The van der Waals surface area contributed by atoms with Crippen molar-refractivity contribution in [3.05, 3.63) is 63.1 Å². The van der Waals surface area contributed by atoms with E-state index in [4.69, 9.17) is 17.3 Å². The molecule has 0 spiro atoms. The first-order chi connectivity index (χ1) is 8.56. The number of hydrogen-bond acceptors (Lipinski definition) is 2. The molecule has 18 heavy (non-hydrogen) atoms. The normalized spacial score (nSPS) is 12.4. The number of benzene rings is 1. The Bertz CT molecular complexity index is 545. The molecular formula is C13H11BrClFN2. The monoisotopic (exact) mass is 328 g/mol. The zero-order valence-electron chi connectivity index (χ0n) is 9.41. The standard InChI is InChI=1S/C13H11BrClFN2/c14-10-5-8(1-3-11(10)16)6-12(17)9-2-4-13(15)18-7-9/h1-5,7,12H,6,17H2. The molecule has 0 saturated heterocycles. The van der Waals surface area contributed by atoms with Gasteiger partial charge in [-0.2, -0.15) is 0 Å². The molecule has 2 nitrogen and oxygen atoms in total. The summed E-state index contributed by atoms with van der Waals surface area (Å²) in [5, 5.41) is 0.440. The zero-order chi connectivity index (χ0) is 13.1. The van der Waals surface area contributed by atoms with E-state index in [1.807, 2.05) is 6.07 Å². The van der Waals surface area contributed by atoms with Crippen LogP contribution in [0.5, 0.6) is 0 Å². The van der Waals surface area contributed by atoms with Gasteiger partial charge in [0.25, 0.3) is 0 Å². The largest absolute Gasteiger partial charge is 0.324 e. The Hall–Kier alpha value is -0.970. The molecule has 0 fully saturated rings. The van der Waals surface area contributed by atoms with Crippen molar-refractivity contribution in [3.8, 4) is 0 Å². The molecule has 1 heterocycles. The fourth-order valence-electron chi connectivity index (χ4n) is 1.64. The first-order valence-electron chi connectivity index (χ1n) is 5.37. The highest BCUT2D eigenvalue weighted by molar-refractivity contribution is 9.10. The molecule has 1 aromatic heterocycles. The van der Waals surface area contributed by atoms with E-state index in [1.54, 1.807) is 24.4 Å². The van der Waals surface area contributed by atoms with Gasteiger partial charge in [-0.15, -0.1) is 0 Å². The van der Waals surface area contributed by atoms with Crippen LogP contribution in [0.25, 0.3) is 0 Å². The van der Waals surface area contributed by atoms with Crippen LogP contribution in [0.1, 0.15) is 17.2 Å². The summed E-state index contributed by atoms with van der Waals surface area (Å²) in [4.78, 5) is 3.99. The highest BCUT2D eigenvalue weighted by Crippen LogP contribution is 2.21. The van der Waals surface area contributed by atoms with Gasteiger partial charge in [0, 0.05) is 12.2 Å². The van der Waals surface area contributed by atoms with Crippen LogP contribution >= 0.6 is 27.5 Å². The van der Waals surface area contributed by atoms with Crippen LogP contribution in [0.15, 0.2) is 41.0 Å². The lowest BCUT2D eigenvalue weighted by molar-refractivity contribution is 0.618. The number of pyridine rings is 1. The Kier molecular flexibility index (Phi) is 4.32. The summed E-state index contributed by atoms with van der Waals surface area (Å²) < 4.78 is 13.5. The van der Waals surface area contributed by atoms with Gasteiger partial charge >= 0.3 is 0 Å². The van der Waals surface area contributed by atoms with Crippen LogP contribution in [0.2, 0.25) is 5.15 Å². The molecule has 0 bridgehead atoms. The molecule has 0 aliphatic carbocycles. The van der Waals surface area contributed by atoms with Crippen LogP contribution in [0.3, 0.4) is 0 Å². The van der Waals surface area contributed by atoms with Crippen molar-refractivity contribution in [2.75, 3.05) is 0 Å². The Labute approximate surface area is 118 Å². The van der Waals surface area contributed by atoms with Crippen molar-refractivity contribution in [1.29, 1.82) is 0 Å². The quantitative estimate of drug-likeness (QED) is 0.868. The van der Waals surface area contributed by atoms with Crippen molar-refractivity contribution < 1.29 is 4.39 Å². The number of nitrogens with two attached hydrogens (primary N) is 1. The molecule has 0 saturated carbocycles. The predicted octanol–water partition coefficient (Wildman–Crippen LogP) is 3.88. The minimum atomic E-state index is -0.277. The molecule has 1 aromatic carbocycles. The number of halogens is 3. The van der Waals surface area contributed by atoms with E-state index < -0.39 is 0 Å². The number of hydrogen-bond donors (Lipinski definition) is 1. The molecule has 2 rings (SSSR count). The van der Waals surface area contributed by atoms with Crippen LogP contribution in [-0.4, -0.2) is 4.98 Å². The van der Waals surface area contributed by atoms with Crippen molar-refractivity contribution in [2.45, 2.75) is 12.5 Å². The predicted molar refractivity (Wildman–Crippen MR) is 74.0 cm³/mol. The smallest absolute Gasteiger partial charge is 0.137 e. The van der Waals surface area contributed by atoms with Gasteiger partial charge in [0.15, 0.2) is 0 Å². The third-order valence-corrected chi connectivity index (χ3v) is 3.45. The van der Waals surface area contributed by atoms with Gasteiger partial charge in [-0.25, -0.2) is 9.37 Å². The lowest BCUT2D eigenvalue weighted by atomic mass is 10.0. The second kappa shape index (κ2) is 5.78. The summed E-state index contributed by atoms with van der Waals surface area (Å²) in [6, 6.07) is 8.25. The van der Waals surface area contributed by atoms with E-state index in [9.17, 15) is 4.39 Å². The fraction of sp³-hybridized carbons (Fsp3) is 0.154. The number of aromatic nitrogens is 1. The van der Waals surface area contributed by atoms with Crippen LogP contribution in [0.4, 0.5) is 4.39 Å². The minimum Gasteiger partial charge on any atom is -0.324 e. The molecule has 0 radical (unpaired) electrons. The lowest BCUT2D eigenvalue weighted by Gasteiger charge is -2.12. The fourth-order valence-corrected chi connectivity index (χ4v) is 2.18. The summed E-state index contributed by atoms with van der Waals surface area (Å²) in [6.45, 7) is 0. The maximum Gasteiger partial charge on any atom is 0.137 e. The maximum atomic E-state index is 13.1. The van der Waals surface area contributed by atoms with E-state index in [0.717, 1.165) is 11.1 Å². The molecular weight excluding hydrogens is 319 g/mol. The van der Waals surface area contributed by atoms with E-state index in [2.05, 4.69) is 20.9 Å². The molecule has 0 amide bonds. The van der Waals surface area contributed by atoms with E-state index >= 15 is 0 Å². The summed E-state index contributed by atoms with van der Waals surface area (Å²) in [7, 11) is 0. The van der Waals surface area contributed by atoms with Crippen LogP contribution in [0, 0.1) is 5.82 Å². The van der Waals surface area contributed by atoms with Crippen molar-refractivity contribution in [1.82, 2.24) is 4.98 Å². The van der Waals surface area contributed by atoms with Crippen LogP contribution < -0.4 is 5.73 Å². The SMILES string of the molecule is NC(Cc1ccc(F)c(Br)c1)c1ccc(Cl)nc1. The first-order valence-corrected chi connectivity index (χ1v) is 6.54. The van der Waals surface area contributed by atoms with Gasteiger partial charge in [-0.3, -0.25) is 0 Å². The Morgan fingerprint density at radius 3 is 2.72 bits per heavy atom. The van der Waals surface area contributed by atoms with E-state index in [-0.39, 0.29) is 11.9 Å². The Balaban J connectivity index is 2.13. The highest BCUT2D eigenvalue weighted by Gasteiger charge is 2.09. The zero-order valence-corrected chi connectivity index (χ0v) is 11.7. The summed E-state index contributed by atoms with van der Waals surface area (Å²) in [5.41, 5.74) is 7.94. The Morgan fingerprint density at radius 2 is 2.11 bits per heavy atom. The van der Waals surface area contributed by atoms with Crippen LogP contribution in [-0.2, 0) is 6.42 Å². The molecule has 0 aliphatic rings. The van der Waals surface area contributed by atoms with Crippen molar-refractivity contribution in [2.24, 2.45) is 5.73 Å². The molecule has 0 aliphatic heterocycles. The topological polar surface area (TPSA) is 38.9 Å². The highest BCUT2D eigenvalue weighted by atomic mass is 79.9. The third-order valence-electron chi connectivity index (χ3n) is 2.62. The molecule has 94 valence electrons. The van der Waals surface area contributed by atoms with Crippen molar-refractivity contribution >= 4 is 27.5 Å².